The fourth-order valence-corrected chi connectivity index (χ4v) is 1.71. The average Bonchev–Trinajstić information content (AvgIpc) is 2.75. The quantitative estimate of drug-likeness (QED) is 0.831. The summed E-state index contributed by atoms with van der Waals surface area (Å²) in [5.41, 5.74) is 0. The zero-order valence-corrected chi connectivity index (χ0v) is 9.33. The molecular weight excluding hydrogens is 264 g/mol. The number of hydrogen-bond donors (Lipinski definition) is 2. The molecule has 0 aromatic carbocycles. The van der Waals surface area contributed by atoms with Crippen LogP contribution in [-0.4, -0.2) is 24.4 Å². The first-order valence-electron chi connectivity index (χ1n) is 4.48. The van der Waals surface area contributed by atoms with Gasteiger partial charge in [-0.25, -0.2) is 0 Å². The van der Waals surface area contributed by atoms with Gasteiger partial charge in [0.25, 0.3) is 5.91 Å². The van der Waals surface area contributed by atoms with Gasteiger partial charge in [0, 0.05) is 13.0 Å². The Kier molecular flexibility index (Phi) is 2.77. The largest absolute Gasteiger partial charge is 0.444 e. The van der Waals surface area contributed by atoms with E-state index in [2.05, 4.69) is 26.6 Å². The number of amides is 2. The minimum Gasteiger partial charge on any atom is -0.444 e. The molecule has 1 atom stereocenters. The highest BCUT2D eigenvalue weighted by molar-refractivity contribution is 9.10. The summed E-state index contributed by atoms with van der Waals surface area (Å²) in [6.45, 7) is 0.479. The molecule has 15 heavy (non-hydrogen) atoms. The van der Waals surface area contributed by atoms with Crippen LogP contribution in [-0.2, 0) is 4.79 Å². The summed E-state index contributed by atoms with van der Waals surface area (Å²) in [6.07, 6.45) is 0.327. The molecule has 2 heterocycles. The predicted molar refractivity (Wildman–Crippen MR) is 55.3 cm³/mol. The topological polar surface area (TPSA) is 71.3 Å². The second kappa shape index (κ2) is 4.06. The highest BCUT2D eigenvalue weighted by atomic mass is 79.9. The molecule has 0 bridgehead atoms. The summed E-state index contributed by atoms with van der Waals surface area (Å²) in [6, 6.07) is 3.07. The molecule has 2 N–H and O–H groups in total. The molecule has 1 saturated heterocycles. The van der Waals surface area contributed by atoms with Gasteiger partial charge in [0.1, 0.15) is 0 Å². The maximum Gasteiger partial charge on any atom is 0.287 e. The van der Waals surface area contributed by atoms with Crippen LogP contribution in [0.3, 0.4) is 0 Å². The number of rotatable bonds is 2. The van der Waals surface area contributed by atoms with Crippen LogP contribution in [0.4, 0.5) is 0 Å². The van der Waals surface area contributed by atoms with Crippen LogP contribution in [0.1, 0.15) is 17.0 Å². The lowest BCUT2D eigenvalue weighted by Crippen LogP contribution is -2.35. The number of carbonyl (C=O) groups is 2. The van der Waals surface area contributed by atoms with Gasteiger partial charge in [-0.05, 0) is 28.1 Å². The molecule has 1 aliphatic heterocycles. The molecule has 0 spiro atoms. The molecule has 1 aromatic rings. The first kappa shape index (κ1) is 10.2. The molecule has 0 saturated carbocycles. The Morgan fingerprint density at radius 2 is 2.40 bits per heavy atom. The molecule has 80 valence electrons. The molecule has 2 rings (SSSR count). The normalized spacial score (nSPS) is 20.1. The Bertz CT molecular complexity index is 402. The average molecular weight is 273 g/mol. The van der Waals surface area contributed by atoms with E-state index in [0.29, 0.717) is 17.6 Å². The molecule has 1 fully saturated rings. The van der Waals surface area contributed by atoms with Gasteiger partial charge in [-0.15, -0.1) is 0 Å². The Morgan fingerprint density at radius 3 is 2.93 bits per heavy atom. The van der Waals surface area contributed by atoms with Crippen molar-refractivity contribution in [2.24, 2.45) is 0 Å². The Balaban J connectivity index is 1.95. The lowest BCUT2D eigenvalue weighted by Gasteiger charge is -2.07. The van der Waals surface area contributed by atoms with Gasteiger partial charge in [0.15, 0.2) is 10.4 Å². The third-order valence-corrected chi connectivity index (χ3v) is 2.54. The maximum absolute atomic E-state index is 11.6. The van der Waals surface area contributed by atoms with E-state index in [4.69, 9.17) is 4.42 Å². The first-order valence-corrected chi connectivity index (χ1v) is 5.27. The van der Waals surface area contributed by atoms with Crippen LogP contribution in [0.25, 0.3) is 0 Å². The van der Waals surface area contributed by atoms with Crippen molar-refractivity contribution in [3.8, 4) is 0 Å². The highest BCUT2D eigenvalue weighted by Crippen LogP contribution is 2.14. The summed E-state index contributed by atoms with van der Waals surface area (Å²) >= 11 is 3.11. The summed E-state index contributed by atoms with van der Waals surface area (Å²) in [4.78, 5) is 22.4. The summed E-state index contributed by atoms with van der Waals surface area (Å²) in [5.74, 6) is -0.107. The van der Waals surface area contributed by atoms with Crippen LogP contribution < -0.4 is 10.6 Å². The second-order valence-electron chi connectivity index (χ2n) is 3.28. The van der Waals surface area contributed by atoms with Crippen molar-refractivity contribution in [2.75, 3.05) is 6.54 Å². The van der Waals surface area contributed by atoms with Crippen molar-refractivity contribution in [1.82, 2.24) is 10.6 Å². The van der Waals surface area contributed by atoms with Gasteiger partial charge in [-0.3, -0.25) is 9.59 Å². The fraction of sp³-hybridized carbons (Fsp3) is 0.333. The standard InChI is InChI=1S/C9H9BrN2O3/c10-7-2-1-6(15-7)9(14)12-5-3-8(13)11-4-5/h1-2,5H,3-4H2,(H,11,13)(H,12,14). The molecular formula is C9H9BrN2O3. The second-order valence-corrected chi connectivity index (χ2v) is 4.06. The predicted octanol–water partition coefficient (Wildman–Crippen LogP) is 0.660. The van der Waals surface area contributed by atoms with Crippen LogP contribution in [0, 0.1) is 0 Å². The molecule has 6 heteroatoms. The third kappa shape index (κ3) is 2.38. The molecule has 2 amide bonds. The molecule has 1 aromatic heterocycles. The van der Waals surface area contributed by atoms with Crippen molar-refractivity contribution in [3.05, 3.63) is 22.6 Å². The SMILES string of the molecule is O=C1CC(NC(=O)c2ccc(Br)o2)CN1. The Labute approximate surface area is 94.3 Å². The number of carbonyl (C=O) groups excluding carboxylic acids is 2. The molecule has 5 nitrogen and oxygen atoms in total. The van der Waals surface area contributed by atoms with E-state index in [1.807, 2.05) is 0 Å². The van der Waals surface area contributed by atoms with Crippen LogP contribution >= 0.6 is 15.9 Å². The van der Waals surface area contributed by atoms with E-state index in [1.165, 1.54) is 0 Å². The maximum atomic E-state index is 11.6. The van der Waals surface area contributed by atoms with Crippen LogP contribution in [0.2, 0.25) is 0 Å². The van der Waals surface area contributed by atoms with Crippen molar-refractivity contribution in [1.29, 1.82) is 0 Å². The minimum absolute atomic E-state index is 0.0408. The summed E-state index contributed by atoms with van der Waals surface area (Å²) in [7, 11) is 0. The van der Waals surface area contributed by atoms with E-state index < -0.39 is 0 Å². The van der Waals surface area contributed by atoms with Gasteiger partial charge >= 0.3 is 0 Å². The minimum atomic E-state index is -0.304. The first-order chi connectivity index (χ1) is 7.15. The zero-order chi connectivity index (χ0) is 10.8. The zero-order valence-electron chi connectivity index (χ0n) is 7.75. The molecule has 1 aliphatic rings. The molecule has 0 radical (unpaired) electrons. The number of furan rings is 1. The van der Waals surface area contributed by atoms with E-state index in [9.17, 15) is 9.59 Å². The van der Waals surface area contributed by atoms with Crippen molar-refractivity contribution in [3.63, 3.8) is 0 Å². The van der Waals surface area contributed by atoms with E-state index >= 15 is 0 Å². The summed E-state index contributed by atoms with van der Waals surface area (Å²) < 4.78 is 5.59. The molecule has 1 unspecified atom stereocenters. The lowest BCUT2D eigenvalue weighted by atomic mass is 10.2. The van der Waals surface area contributed by atoms with Crippen molar-refractivity contribution in [2.45, 2.75) is 12.5 Å². The monoisotopic (exact) mass is 272 g/mol. The smallest absolute Gasteiger partial charge is 0.287 e. The van der Waals surface area contributed by atoms with Crippen LogP contribution in [0.5, 0.6) is 0 Å². The van der Waals surface area contributed by atoms with Crippen molar-refractivity contribution >= 4 is 27.7 Å². The van der Waals surface area contributed by atoms with Gasteiger partial charge < -0.3 is 15.1 Å². The van der Waals surface area contributed by atoms with Gasteiger partial charge in [0.2, 0.25) is 5.91 Å². The Morgan fingerprint density at radius 1 is 1.60 bits per heavy atom. The number of hydrogen-bond acceptors (Lipinski definition) is 3. The summed E-state index contributed by atoms with van der Waals surface area (Å²) in [5, 5.41) is 5.34. The third-order valence-electron chi connectivity index (χ3n) is 2.11. The molecule has 0 aliphatic carbocycles. The van der Waals surface area contributed by atoms with Gasteiger partial charge in [0.05, 0.1) is 6.04 Å². The number of halogens is 1. The number of nitrogens with one attached hydrogen (secondary N) is 2. The fourth-order valence-electron chi connectivity index (χ4n) is 1.40. The van der Waals surface area contributed by atoms with E-state index in [-0.39, 0.29) is 23.6 Å². The van der Waals surface area contributed by atoms with Gasteiger partial charge in [-0.2, -0.15) is 0 Å². The van der Waals surface area contributed by atoms with E-state index in [0.717, 1.165) is 0 Å². The highest BCUT2D eigenvalue weighted by Gasteiger charge is 2.24. The Hall–Kier alpha value is -1.30. The van der Waals surface area contributed by atoms with Crippen molar-refractivity contribution < 1.29 is 14.0 Å². The lowest BCUT2D eigenvalue weighted by molar-refractivity contribution is -0.119. The van der Waals surface area contributed by atoms with Gasteiger partial charge in [-0.1, -0.05) is 0 Å². The van der Waals surface area contributed by atoms with Crippen LogP contribution in [0.15, 0.2) is 21.2 Å². The van der Waals surface area contributed by atoms with E-state index in [1.54, 1.807) is 12.1 Å².